The molecule has 1 aromatic carbocycles. The molecule has 0 aliphatic heterocycles. The molecule has 1 unspecified atom stereocenters. The second-order valence-corrected chi connectivity index (χ2v) is 3.26. The number of nitrogens with two attached hydrogens (primary N) is 1. The van der Waals surface area contributed by atoms with Crippen LogP contribution in [0, 0.1) is 5.82 Å². The summed E-state index contributed by atoms with van der Waals surface area (Å²) < 4.78 is 12.9. The lowest BCUT2D eigenvalue weighted by molar-refractivity contribution is -0.137. The summed E-state index contributed by atoms with van der Waals surface area (Å²) in [4.78, 5) is 21.6. The maximum absolute atomic E-state index is 12.9. The number of amides is 1. The number of carbonyl (C=O) groups excluding carboxylic acids is 1. The third-order valence-electron chi connectivity index (χ3n) is 1.99. The summed E-state index contributed by atoms with van der Waals surface area (Å²) in [7, 11) is 0. The van der Waals surface area contributed by atoms with Crippen LogP contribution in [-0.4, -0.2) is 23.0 Å². The molecule has 1 aromatic rings. The molecule has 0 radical (unpaired) electrons. The van der Waals surface area contributed by atoms with E-state index in [1.54, 1.807) is 0 Å². The van der Waals surface area contributed by atoms with Crippen molar-refractivity contribution in [3.05, 3.63) is 29.6 Å². The van der Waals surface area contributed by atoms with Crippen LogP contribution in [0.1, 0.15) is 17.3 Å². The summed E-state index contributed by atoms with van der Waals surface area (Å²) in [5, 5.41) is 11.2. The van der Waals surface area contributed by atoms with Gasteiger partial charge in [-0.1, -0.05) is 0 Å². The Morgan fingerprint density at radius 2 is 2.12 bits per heavy atom. The largest absolute Gasteiger partial charge is 0.480 e. The molecule has 1 amide bonds. The highest BCUT2D eigenvalue weighted by atomic mass is 19.1. The standard InChI is InChI=1S/C10H11FN2O3/c1-5(10(15)16)13-8-3-2-6(11)4-7(8)9(12)14/h2-5,13H,1H3,(H2,12,14)(H,15,16). The number of carbonyl (C=O) groups is 2. The molecule has 5 nitrogen and oxygen atoms in total. The fraction of sp³-hybridized carbons (Fsp3) is 0.200. The highest BCUT2D eigenvalue weighted by Crippen LogP contribution is 2.17. The summed E-state index contributed by atoms with van der Waals surface area (Å²) in [5.74, 6) is -2.51. The van der Waals surface area contributed by atoms with Crippen molar-refractivity contribution < 1.29 is 19.1 Å². The van der Waals surface area contributed by atoms with E-state index in [0.717, 1.165) is 12.1 Å². The SMILES string of the molecule is CC(Nc1ccc(F)cc1C(N)=O)C(=O)O. The van der Waals surface area contributed by atoms with Crippen LogP contribution in [-0.2, 0) is 4.79 Å². The van der Waals surface area contributed by atoms with Crippen molar-refractivity contribution >= 4 is 17.6 Å². The summed E-state index contributed by atoms with van der Waals surface area (Å²) >= 11 is 0. The van der Waals surface area contributed by atoms with E-state index in [0.29, 0.717) is 0 Å². The van der Waals surface area contributed by atoms with Gasteiger partial charge in [-0.05, 0) is 25.1 Å². The Morgan fingerprint density at radius 3 is 2.62 bits per heavy atom. The average Bonchev–Trinajstić information content (AvgIpc) is 2.20. The van der Waals surface area contributed by atoms with E-state index < -0.39 is 23.7 Å². The predicted molar refractivity (Wildman–Crippen MR) is 55.6 cm³/mol. The molecular weight excluding hydrogens is 215 g/mol. The lowest BCUT2D eigenvalue weighted by Crippen LogP contribution is -2.27. The van der Waals surface area contributed by atoms with Gasteiger partial charge in [-0.2, -0.15) is 0 Å². The first-order valence-corrected chi connectivity index (χ1v) is 4.50. The summed E-state index contributed by atoms with van der Waals surface area (Å²) in [6, 6.07) is 2.45. The van der Waals surface area contributed by atoms with Crippen molar-refractivity contribution in [1.82, 2.24) is 0 Å². The zero-order valence-corrected chi connectivity index (χ0v) is 8.53. The van der Waals surface area contributed by atoms with E-state index in [9.17, 15) is 14.0 Å². The lowest BCUT2D eigenvalue weighted by atomic mass is 10.1. The van der Waals surface area contributed by atoms with Gasteiger partial charge in [0.15, 0.2) is 0 Å². The Labute approximate surface area is 91.1 Å². The Balaban J connectivity index is 3.04. The summed E-state index contributed by atoms with van der Waals surface area (Å²) in [6.07, 6.45) is 0. The first kappa shape index (κ1) is 12.0. The highest BCUT2D eigenvalue weighted by Gasteiger charge is 2.15. The number of rotatable bonds is 4. The van der Waals surface area contributed by atoms with Gasteiger partial charge in [-0.15, -0.1) is 0 Å². The molecular formula is C10H11FN2O3. The van der Waals surface area contributed by atoms with Crippen molar-refractivity contribution in [2.45, 2.75) is 13.0 Å². The topological polar surface area (TPSA) is 92.4 Å². The first-order valence-electron chi connectivity index (χ1n) is 4.50. The summed E-state index contributed by atoms with van der Waals surface area (Å²) in [5.41, 5.74) is 5.16. The number of halogens is 1. The number of benzene rings is 1. The third kappa shape index (κ3) is 2.69. The minimum Gasteiger partial charge on any atom is -0.480 e. The average molecular weight is 226 g/mol. The number of anilines is 1. The van der Waals surface area contributed by atoms with Crippen LogP contribution < -0.4 is 11.1 Å². The Bertz CT molecular complexity index is 434. The normalized spacial score (nSPS) is 11.9. The maximum atomic E-state index is 12.9. The molecule has 0 saturated heterocycles. The van der Waals surface area contributed by atoms with Crippen molar-refractivity contribution in [2.75, 3.05) is 5.32 Å². The first-order chi connectivity index (χ1) is 7.41. The number of hydrogen-bond acceptors (Lipinski definition) is 3. The van der Waals surface area contributed by atoms with Gasteiger partial charge in [0.1, 0.15) is 11.9 Å². The number of aliphatic carboxylic acids is 1. The number of primary amides is 1. The molecule has 0 aliphatic carbocycles. The van der Waals surface area contributed by atoms with Crippen molar-refractivity contribution in [2.24, 2.45) is 5.73 Å². The molecule has 0 aliphatic rings. The molecule has 0 heterocycles. The van der Waals surface area contributed by atoms with Crippen LogP contribution in [0.25, 0.3) is 0 Å². The van der Waals surface area contributed by atoms with Gasteiger partial charge in [0.2, 0.25) is 0 Å². The molecule has 86 valence electrons. The van der Waals surface area contributed by atoms with E-state index in [2.05, 4.69) is 5.32 Å². The van der Waals surface area contributed by atoms with E-state index in [1.165, 1.54) is 13.0 Å². The molecule has 0 aromatic heterocycles. The van der Waals surface area contributed by atoms with E-state index in [-0.39, 0.29) is 11.3 Å². The van der Waals surface area contributed by atoms with Gasteiger partial charge in [0, 0.05) is 5.69 Å². The van der Waals surface area contributed by atoms with Crippen molar-refractivity contribution in [1.29, 1.82) is 0 Å². The molecule has 0 spiro atoms. The van der Waals surface area contributed by atoms with E-state index in [1.807, 2.05) is 0 Å². The fourth-order valence-electron chi connectivity index (χ4n) is 1.14. The van der Waals surface area contributed by atoms with Crippen LogP contribution in [0.15, 0.2) is 18.2 Å². The van der Waals surface area contributed by atoms with Crippen LogP contribution >= 0.6 is 0 Å². The van der Waals surface area contributed by atoms with Crippen LogP contribution in [0.5, 0.6) is 0 Å². The van der Waals surface area contributed by atoms with Gasteiger partial charge >= 0.3 is 5.97 Å². The third-order valence-corrected chi connectivity index (χ3v) is 1.99. The quantitative estimate of drug-likeness (QED) is 0.708. The summed E-state index contributed by atoms with van der Waals surface area (Å²) in [6.45, 7) is 1.40. The molecule has 4 N–H and O–H groups in total. The van der Waals surface area contributed by atoms with Gasteiger partial charge in [0.25, 0.3) is 5.91 Å². The van der Waals surface area contributed by atoms with Crippen LogP contribution in [0.2, 0.25) is 0 Å². The van der Waals surface area contributed by atoms with Crippen LogP contribution in [0.3, 0.4) is 0 Å². The zero-order valence-electron chi connectivity index (χ0n) is 8.53. The molecule has 16 heavy (non-hydrogen) atoms. The number of nitrogens with one attached hydrogen (secondary N) is 1. The molecule has 0 saturated carbocycles. The van der Waals surface area contributed by atoms with Gasteiger partial charge in [0.05, 0.1) is 5.56 Å². The highest BCUT2D eigenvalue weighted by molar-refractivity contribution is 5.99. The molecule has 0 fully saturated rings. The molecule has 1 atom stereocenters. The van der Waals surface area contributed by atoms with Gasteiger partial charge in [-0.25, -0.2) is 4.39 Å². The second kappa shape index (κ2) is 4.61. The minimum atomic E-state index is -1.08. The number of carboxylic acids is 1. The second-order valence-electron chi connectivity index (χ2n) is 3.26. The Kier molecular flexibility index (Phi) is 3.44. The smallest absolute Gasteiger partial charge is 0.325 e. The van der Waals surface area contributed by atoms with Crippen molar-refractivity contribution in [3.63, 3.8) is 0 Å². The van der Waals surface area contributed by atoms with Gasteiger partial charge in [-0.3, -0.25) is 9.59 Å². The van der Waals surface area contributed by atoms with Crippen molar-refractivity contribution in [3.8, 4) is 0 Å². The van der Waals surface area contributed by atoms with Crippen LogP contribution in [0.4, 0.5) is 10.1 Å². The minimum absolute atomic E-state index is 0.0758. The number of hydrogen-bond donors (Lipinski definition) is 3. The maximum Gasteiger partial charge on any atom is 0.325 e. The molecule has 1 rings (SSSR count). The monoisotopic (exact) mass is 226 g/mol. The lowest BCUT2D eigenvalue weighted by Gasteiger charge is -2.13. The Hall–Kier alpha value is -2.11. The van der Waals surface area contributed by atoms with E-state index in [4.69, 9.17) is 10.8 Å². The Morgan fingerprint density at radius 1 is 1.50 bits per heavy atom. The molecule has 6 heteroatoms. The van der Waals surface area contributed by atoms with Gasteiger partial charge < -0.3 is 16.2 Å². The predicted octanol–water partition coefficient (Wildman–Crippen LogP) is 0.810. The molecule has 0 bridgehead atoms. The number of carboxylic acid groups (broad SMARTS) is 1. The van der Waals surface area contributed by atoms with E-state index >= 15 is 0 Å². The zero-order chi connectivity index (χ0) is 12.3. The fourth-order valence-corrected chi connectivity index (χ4v) is 1.14.